The van der Waals surface area contributed by atoms with E-state index in [9.17, 15) is 19.8 Å². The predicted molar refractivity (Wildman–Crippen MR) is 287 cm³/mol. The number of esters is 1. The van der Waals surface area contributed by atoms with E-state index in [2.05, 4.69) is 19.2 Å². The molecule has 0 saturated carbocycles. The maximum Gasteiger partial charge on any atom is 0.305 e. The molecule has 1 amide bonds. The van der Waals surface area contributed by atoms with Crippen LogP contribution in [0.5, 0.6) is 0 Å². The van der Waals surface area contributed by atoms with Crippen LogP contribution in [0, 0.1) is 0 Å². The van der Waals surface area contributed by atoms with Crippen LogP contribution in [-0.4, -0.2) is 47.4 Å². The number of hydrogen-bond acceptors (Lipinski definition) is 5. The average Bonchev–Trinajstić information content (AvgIpc) is 3.32. The number of aliphatic hydroxyl groups is 2. The first-order valence-corrected chi connectivity index (χ1v) is 30.3. The second kappa shape index (κ2) is 56.4. The number of carbonyl (C=O) groups excluding carboxylic acids is 2. The zero-order valence-corrected chi connectivity index (χ0v) is 45.0. The van der Waals surface area contributed by atoms with Gasteiger partial charge in [0, 0.05) is 12.8 Å². The van der Waals surface area contributed by atoms with E-state index in [4.69, 9.17) is 4.74 Å². The van der Waals surface area contributed by atoms with Crippen molar-refractivity contribution in [1.82, 2.24) is 5.32 Å². The van der Waals surface area contributed by atoms with Crippen molar-refractivity contribution in [3.8, 4) is 0 Å². The molecule has 6 heteroatoms. The number of hydrogen-bond donors (Lipinski definition) is 3. The van der Waals surface area contributed by atoms with Gasteiger partial charge in [-0.05, 0) is 25.7 Å². The van der Waals surface area contributed by atoms with Crippen molar-refractivity contribution in [1.29, 1.82) is 0 Å². The molecule has 0 bridgehead atoms. The van der Waals surface area contributed by atoms with Gasteiger partial charge in [0.2, 0.25) is 5.91 Å². The van der Waals surface area contributed by atoms with E-state index in [0.717, 1.165) is 57.8 Å². The highest BCUT2D eigenvalue weighted by Gasteiger charge is 2.20. The highest BCUT2D eigenvalue weighted by molar-refractivity contribution is 5.76. The Morgan fingerprint density at radius 2 is 0.621 bits per heavy atom. The van der Waals surface area contributed by atoms with E-state index in [1.54, 1.807) is 0 Å². The molecular weight excluding hydrogens is 815 g/mol. The van der Waals surface area contributed by atoms with Gasteiger partial charge in [0.05, 0.1) is 25.4 Å². The smallest absolute Gasteiger partial charge is 0.305 e. The number of unbranched alkanes of at least 4 members (excludes halogenated alkanes) is 46. The summed E-state index contributed by atoms with van der Waals surface area (Å²) in [4.78, 5) is 24.6. The van der Waals surface area contributed by atoms with Gasteiger partial charge >= 0.3 is 5.97 Å². The monoisotopic (exact) mass is 934 g/mol. The maximum absolute atomic E-state index is 12.5. The van der Waals surface area contributed by atoms with Crippen LogP contribution in [0.25, 0.3) is 0 Å². The van der Waals surface area contributed by atoms with Crippen molar-refractivity contribution in [3.63, 3.8) is 0 Å². The lowest BCUT2D eigenvalue weighted by atomic mass is 10.0. The minimum atomic E-state index is -0.674. The van der Waals surface area contributed by atoms with Gasteiger partial charge in [0.1, 0.15) is 0 Å². The van der Waals surface area contributed by atoms with Gasteiger partial charge in [0.15, 0.2) is 0 Å². The molecule has 0 radical (unpaired) electrons. The summed E-state index contributed by atoms with van der Waals surface area (Å²) in [5, 5.41) is 23.3. The molecule has 0 aliphatic heterocycles. The number of amides is 1. The second-order valence-corrected chi connectivity index (χ2v) is 21.1. The van der Waals surface area contributed by atoms with E-state index >= 15 is 0 Å². The van der Waals surface area contributed by atoms with Crippen molar-refractivity contribution < 1.29 is 24.5 Å². The van der Waals surface area contributed by atoms with Gasteiger partial charge in [-0.3, -0.25) is 9.59 Å². The van der Waals surface area contributed by atoms with Crippen LogP contribution in [0.15, 0.2) is 0 Å². The third-order valence-electron chi connectivity index (χ3n) is 14.4. The Labute approximate surface area is 413 Å². The normalized spacial score (nSPS) is 12.5. The third-order valence-corrected chi connectivity index (χ3v) is 14.4. The van der Waals surface area contributed by atoms with Gasteiger partial charge in [-0.15, -0.1) is 0 Å². The van der Waals surface area contributed by atoms with Crippen molar-refractivity contribution >= 4 is 11.9 Å². The van der Waals surface area contributed by atoms with Gasteiger partial charge in [0.25, 0.3) is 0 Å². The molecule has 3 N–H and O–H groups in total. The largest absolute Gasteiger partial charge is 0.466 e. The van der Waals surface area contributed by atoms with Crippen molar-refractivity contribution in [2.45, 2.75) is 360 Å². The predicted octanol–water partition coefficient (Wildman–Crippen LogP) is 18.7. The van der Waals surface area contributed by atoms with E-state index in [0.29, 0.717) is 25.9 Å². The van der Waals surface area contributed by atoms with E-state index < -0.39 is 12.1 Å². The molecule has 0 fully saturated rings. The van der Waals surface area contributed by atoms with E-state index in [1.807, 2.05) is 0 Å². The number of carbonyl (C=O) groups is 2. The molecule has 2 atom stereocenters. The molecule has 0 heterocycles. The summed E-state index contributed by atoms with van der Waals surface area (Å²) in [6.07, 6.45) is 65.2. The highest BCUT2D eigenvalue weighted by atomic mass is 16.5. The van der Waals surface area contributed by atoms with E-state index in [-0.39, 0.29) is 18.5 Å². The maximum atomic E-state index is 12.5. The molecule has 0 aromatic rings. The van der Waals surface area contributed by atoms with Crippen LogP contribution >= 0.6 is 0 Å². The standard InChI is InChI=1S/C60H119NO5/c1-3-5-7-9-11-13-15-17-19-21-23-24-26-28-32-36-40-44-48-52-58(63)57(56-62)61-59(64)53-49-45-41-37-33-30-31-35-39-43-47-51-55-66-60(65)54-50-46-42-38-34-29-27-25-22-20-18-16-14-12-10-8-6-4-2/h57-58,62-63H,3-56H2,1-2H3,(H,61,64). The minimum Gasteiger partial charge on any atom is -0.466 e. The molecule has 66 heavy (non-hydrogen) atoms. The Kier molecular flexibility index (Phi) is 55.5. The van der Waals surface area contributed by atoms with Crippen molar-refractivity contribution in [2.75, 3.05) is 13.2 Å². The summed E-state index contributed by atoms with van der Waals surface area (Å²) >= 11 is 0. The molecule has 394 valence electrons. The van der Waals surface area contributed by atoms with Gasteiger partial charge in [-0.1, -0.05) is 309 Å². The molecule has 6 nitrogen and oxygen atoms in total. The lowest BCUT2D eigenvalue weighted by Crippen LogP contribution is -2.45. The summed E-state index contributed by atoms with van der Waals surface area (Å²) in [5.74, 6) is -0.0494. The highest BCUT2D eigenvalue weighted by Crippen LogP contribution is 2.18. The number of rotatable bonds is 57. The zero-order chi connectivity index (χ0) is 47.9. The Balaban J connectivity index is 3.42. The number of ether oxygens (including phenoxy) is 1. The zero-order valence-electron chi connectivity index (χ0n) is 45.0. The molecule has 0 spiro atoms. The molecular formula is C60H119NO5. The molecule has 0 aromatic carbocycles. The summed E-state index contributed by atoms with van der Waals surface area (Å²) < 4.78 is 5.49. The molecule has 2 unspecified atom stereocenters. The summed E-state index contributed by atoms with van der Waals surface area (Å²) in [7, 11) is 0. The first-order chi connectivity index (χ1) is 32.5. The Morgan fingerprint density at radius 3 is 0.924 bits per heavy atom. The first kappa shape index (κ1) is 64.9. The number of aliphatic hydroxyl groups excluding tert-OH is 2. The molecule has 0 saturated heterocycles. The van der Waals surface area contributed by atoms with Gasteiger partial charge < -0.3 is 20.3 Å². The summed E-state index contributed by atoms with van der Waals surface area (Å²) in [6, 6.07) is -0.552. The van der Waals surface area contributed by atoms with Crippen LogP contribution < -0.4 is 5.32 Å². The fourth-order valence-electron chi connectivity index (χ4n) is 9.76. The van der Waals surface area contributed by atoms with Crippen molar-refractivity contribution in [2.24, 2.45) is 0 Å². The Hall–Kier alpha value is -1.14. The SMILES string of the molecule is CCCCCCCCCCCCCCCCCCCCCC(O)C(CO)NC(=O)CCCCCCCCCCCCCCOC(=O)CCCCCCCCCCCCCCCCCCCC. The van der Waals surface area contributed by atoms with Crippen LogP contribution in [-0.2, 0) is 14.3 Å². The lowest BCUT2D eigenvalue weighted by molar-refractivity contribution is -0.143. The molecule has 0 rings (SSSR count). The summed E-state index contributed by atoms with van der Waals surface area (Å²) in [6.45, 7) is 4.96. The van der Waals surface area contributed by atoms with Gasteiger partial charge in [-0.2, -0.15) is 0 Å². The number of nitrogens with one attached hydrogen (secondary N) is 1. The summed E-state index contributed by atoms with van der Waals surface area (Å²) in [5.41, 5.74) is 0. The Bertz CT molecular complexity index is 944. The van der Waals surface area contributed by atoms with Crippen LogP contribution in [0.2, 0.25) is 0 Å². The average molecular weight is 935 g/mol. The van der Waals surface area contributed by atoms with E-state index in [1.165, 1.54) is 257 Å². The van der Waals surface area contributed by atoms with Gasteiger partial charge in [-0.25, -0.2) is 0 Å². The minimum absolute atomic E-state index is 0.00337. The quantitative estimate of drug-likeness (QED) is 0.0417. The van der Waals surface area contributed by atoms with Crippen LogP contribution in [0.4, 0.5) is 0 Å². The fourth-order valence-corrected chi connectivity index (χ4v) is 9.76. The Morgan fingerprint density at radius 1 is 0.364 bits per heavy atom. The topological polar surface area (TPSA) is 95.9 Å². The first-order valence-electron chi connectivity index (χ1n) is 30.3. The third kappa shape index (κ3) is 52.2. The second-order valence-electron chi connectivity index (χ2n) is 21.1. The fraction of sp³-hybridized carbons (Fsp3) is 0.967. The van der Waals surface area contributed by atoms with Crippen LogP contribution in [0.3, 0.4) is 0 Å². The van der Waals surface area contributed by atoms with Crippen LogP contribution in [0.1, 0.15) is 348 Å². The molecule has 0 aromatic heterocycles. The molecule has 0 aliphatic carbocycles. The lowest BCUT2D eigenvalue weighted by Gasteiger charge is -2.22. The van der Waals surface area contributed by atoms with Crippen molar-refractivity contribution in [3.05, 3.63) is 0 Å². The molecule has 0 aliphatic rings.